The van der Waals surface area contributed by atoms with Crippen LogP contribution in [0.25, 0.3) is 0 Å². The third kappa shape index (κ3) is 5.33. The van der Waals surface area contributed by atoms with E-state index in [1.165, 1.54) is 11.1 Å². The molecule has 1 amide bonds. The largest absolute Gasteiger partial charge is 0.352 e. The molecule has 0 aliphatic carbocycles. The molecular formula is C17H28N2O. The van der Waals surface area contributed by atoms with Crippen LogP contribution >= 0.6 is 0 Å². The maximum Gasteiger partial charge on any atom is 0.237 e. The topological polar surface area (TPSA) is 41.1 Å². The first-order valence-electron chi connectivity index (χ1n) is 7.66. The van der Waals surface area contributed by atoms with Crippen LogP contribution in [0.2, 0.25) is 0 Å². The van der Waals surface area contributed by atoms with Crippen LogP contribution in [-0.2, 0) is 11.2 Å². The van der Waals surface area contributed by atoms with Gasteiger partial charge < -0.3 is 10.6 Å². The van der Waals surface area contributed by atoms with Crippen LogP contribution in [0.1, 0.15) is 44.7 Å². The third-order valence-electron chi connectivity index (χ3n) is 3.83. The molecule has 1 rings (SSSR count). The minimum atomic E-state index is -0.139. The number of nitrogens with one attached hydrogen (secondary N) is 2. The molecule has 0 aliphatic rings. The number of benzene rings is 1. The second-order valence-corrected chi connectivity index (χ2v) is 5.37. The molecule has 0 spiro atoms. The predicted molar refractivity (Wildman–Crippen MR) is 84.9 cm³/mol. The van der Waals surface area contributed by atoms with Gasteiger partial charge in [0.15, 0.2) is 0 Å². The second-order valence-electron chi connectivity index (χ2n) is 5.37. The highest BCUT2D eigenvalue weighted by Crippen LogP contribution is 2.07. The minimum Gasteiger partial charge on any atom is -0.352 e. The highest BCUT2D eigenvalue weighted by Gasteiger charge is 2.14. The molecular weight excluding hydrogens is 248 g/mol. The fourth-order valence-corrected chi connectivity index (χ4v) is 2.23. The van der Waals surface area contributed by atoms with E-state index in [1.54, 1.807) is 0 Å². The first kappa shape index (κ1) is 16.7. The Kier molecular flexibility index (Phi) is 7.31. The van der Waals surface area contributed by atoms with E-state index in [0.29, 0.717) is 6.04 Å². The molecule has 0 radical (unpaired) electrons. The lowest BCUT2D eigenvalue weighted by Crippen LogP contribution is -2.46. The molecule has 0 saturated carbocycles. The highest BCUT2D eigenvalue weighted by atomic mass is 16.2. The summed E-state index contributed by atoms with van der Waals surface area (Å²) in [6.07, 6.45) is 2.92. The Morgan fingerprint density at radius 1 is 1.20 bits per heavy atom. The molecule has 0 heterocycles. The van der Waals surface area contributed by atoms with E-state index in [1.807, 2.05) is 6.92 Å². The highest BCUT2D eigenvalue weighted by molar-refractivity contribution is 5.81. The summed E-state index contributed by atoms with van der Waals surface area (Å²) in [6, 6.07) is 8.54. The Hall–Kier alpha value is -1.35. The van der Waals surface area contributed by atoms with Crippen LogP contribution in [-0.4, -0.2) is 24.5 Å². The number of carbonyl (C=O) groups excluding carboxylic acids is 1. The number of rotatable bonds is 8. The zero-order valence-corrected chi connectivity index (χ0v) is 13.2. The van der Waals surface area contributed by atoms with Crippen LogP contribution in [0.4, 0.5) is 0 Å². The number of amides is 1. The summed E-state index contributed by atoms with van der Waals surface area (Å²) in [4.78, 5) is 12.0. The second kappa shape index (κ2) is 8.75. The summed E-state index contributed by atoms with van der Waals surface area (Å²) in [6.45, 7) is 9.08. The number of hydrogen-bond donors (Lipinski definition) is 2. The molecule has 3 nitrogen and oxygen atoms in total. The van der Waals surface area contributed by atoms with Gasteiger partial charge >= 0.3 is 0 Å². The standard InChI is InChI=1S/C17H28N2O/c1-5-16(6-2)19-17(20)14(4)18-12-11-15-10-8-7-9-13(15)3/h7-10,14,16,18H,5-6,11-12H2,1-4H3,(H,19,20). The van der Waals surface area contributed by atoms with Crippen molar-refractivity contribution >= 4 is 5.91 Å². The Bertz CT molecular complexity index is 413. The van der Waals surface area contributed by atoms with Crippen LogP contribution < -0.4 is 10.6 Å². The van der Waals surface area contributed by atoms with Crippen LogP contribution in [0.3, 0.4) is 0 Å². The lowest BCUT2D eigenvalue weighted by atomic mass is 10.1. The van der Waals surface area contributed by atoms with Crippen molar-refractivity contribution in [1.29, 1.82) is 0 Å². The van der Waals surface area contributed by atoms with Crippen molar-refractivity contribution in [3.63, 3.8) is 0 Å². The van der Waals surface area contributed by atoms with Crippen molar-refractivity contribution in [1.82, 2.24) is 10.6 Å². The van der Waals surface area contributed by atoms with Crippen LogP contribution in [0.5, 0.6) is 0 Å². The van der Waals surface area contributed by atoms with Crippen molar-refractivity contribution in [3.8, 4) is 0 Å². The lowest BCUT2D eigenvalue weighted by Gasteiger charge is -2.19. The molecule has 1 unspecified atom stereocenters. The molecule has 0 fully saturated rings. The van der Waals surface area contributed by atoms with E-state index >= 15 is 0 Å². The van der Waals surface area contributed by atoms with E-state index in [9.17, 15) is 4.79 Å². The molecule has 3 heteroatoms. The number of hydrogen-bond acceptors (Lipinski definition) is 2. The van der Waals surface area contributed by atoms with Crippen LogP contribution in [0.15, 0.2) is 24.3 Å². The van der Waals surface area contributed by atoms with Gasteiger partial charge in [0.25, 0.3) is 0 Å². The zero-order valence-electron chi connectivity index (χ0n) is 13.2. The molecule has 1 aromatic rings. The van der Waals surface area contributed by atoms with Crippen molar-refractivity contribution in [2.75, 3.05) is 6.54 Å². The molecule has 2 N–H and O–H groups in total. The van der Waals surface area contributed by atoms with Crippen molar-refractivity contribution in [3.05, 3.63) is 35.4 Å². The van der Waals surface area contributed by atoms with Gasteiger partial charge in [-0.1, -0.05) is 38.1 Å². The molecule has 0 saturated heterocycles. The maximum absolute atomic E-state index is 12.0. The fraction of sp³-hybridized carbons (Fsp3) is 0.588. The number of aryl methyl sites for hydroxylation is 1. The van der Waals surface area contributed by atoms with Gasteiger partial charge in [0.1, 0.15) is 0 Å². The van der Waals surface area contributed by atoms with E-state index in [2.05, 4.69) is 55.7 Å². The molecule has 0 bridgehead atoms. The van der Waals surface area contributed by atoms with Crippen molar-refractivity contribution < 1.29 is 4.79 Å². The lowest BCUT2D eigenvalue weighted by molar-refractivity contribution is -0.123. The molecule has 112 valence electrons. The Balaban J connectivity index is 2.34. The maximum atomic E-state index is 12.0. The predicted octanol–water partition coefficient (Wildman–Crippen LogP) is 2.82. The van der Waals surface area contributed by atoms with Gasteiger partial charge in [0, 0.05) is 6.04 Å². The number of carbonyl (C=O) groups is 1. The van der Waals surface area contributed by atoms with Gasteiger partial charge in [0.2, 0.25) is 5.91 Å². The van der Waals surface area contributed by atoms with E-state index in [-0.39, 0.29) is 11.9 Å². The van der Waals surface area contributed by atoms with Gasteiger partial charge in [-0.15, -0.1) is 0 Å². The molecule has 1 aromatic carbocycles. The quantitative estimate of drug-likeness (QED) is 0.766. The summed E-state index contributed by atoms with van der Waals surface area (Å²) in [5.74, 6) is 0.100. The van der Waals surface area contributed by atoms with E-state index in [0.717, 1.165) is 25.8 Å². The fourth-order valence-electron chi connectivity index (χ4n) is 2.23. The smallest absolute Gasteiger partial charge is 0.237 e. The average molecular weight is 276 g/mol. The van der Waals surface area contributed by atoms with Crippen molar-refractivity contribution in [2.45, 2.75) is 59.0 Å². The van der Waals surface area contributed by atoms with Crippen LogP contribution in [0, 0.1) is 6.92 Å². The first-order valence-corrected chi connectivity index (χ1v) is 7.66. The molecule has 0 aromatic heterocycles. The minimum absolute atomic E-state index is 0.100. The molecule has 1 atom stereocenters. The summed E-state index contributed by atoms with van der Waals surface area (Å²) in [5, 5.41) is 6.37. The SMILES string of the molecule is CCC(CC)NC(=O)C(C)NCCc1ccccc1C. The van der Waals surface area contributed by atoms with E-state index in [4.69, 9.17) is 0 Å². The van der Waals surface area contributed by atoms with Gasteiger partial charge in [0.05, 0.1) is 6.04 Å². The normalized spacial score (nSPS) is 12.4. The summed E-state index contributed by atoms with van der Waals surface area (Å²) in [5.41, 5.74) is 2.65. The van der Waals surface area contributed by atoms with Gasteiger partial charge in [-0.2, -0.15) is 0 Å². The first-order chi connectivity index (χ1) is 9.58. The van der Waals surface area contributed by atoms with Gasteiger partial charge in [-0.25, -0.2) is 0 Å². The zero-order chi connectivity index (χ0) is 15.0. The average Bonchev–Trinajstić information content (AvgIpc) is 2.46. The van der Waals surface area contributed by atoms with Crippen molar-refractivity contribution in [2.24, 2.45) is 0 Å². The third-order valence-corrected chi connectivity index (χ3v) is 3.83. The Labute approximate surface area is 123 Å². The summed E-state index contributed by atoms with van der Waals surface area (Å²) >= 11 is 0. The molecule has 20 heavy (non-hydrogen) atoms. The van der Waals surface area contributed by atoms with Gasteiger partial charge in [-0.05, 0) is 50.8 Å². The molecule has 0 aliphatic heterocycles. The van der Waals surface area contributed by atoms with E-state index < -0.39 is 0 Å². The Morgan fingerprint density at radius 2 is 1.85 bits per heavy atom. The monoisotopic (exact) mass is 276 g/mol. The Morgan fingerprint density at radius 3 is 2.45 bits per heavy atom. The van der Waals surface area contributed by atoms with Gasteiger partial charge in [-0.3, -0.25) is 4.79 Å². The summed E-state index contributed by atoms with van der Waals surface area (Å²) < 4.78 is 0. The summed E-state index contributed by atoms with van der Waals surface area (Å²) in [7, 11) is 0.